The minimum absolute atomic E-state index is 0.0528. The predicted octanol–water partition coefficient (Wildman–Crippen LogP) is 2.37. The molecule has 1 aliphatic rings. The molecule has 1 aromatic rings. The van der Waals surface area contributed by atoms with E-state index in [0.29, 0.717) is 6.54 Å². The lowest BCUT2D eigenvalue weighted by molar-refractivity contribution is -0.142. The fraction of sp³-hybridized carbons (Fsp3) is 0.700. The number of aryl methyl sites for hydroxylation is 1. The van der Waals surface area contributed by atoms with Crippen LogP contribution in [0.25, 0.3) is 0 Å². The van der Waals surface area contributed by atoms with Crippen LogP contribution in [-0.2, 0) is 19.6 Å². The summed E-state index contributed by atoms with van der Waals surface area (Å²) in [5.41, 5.74) is 4.57. The van der Waals surface area contributed by atoms with Crippen molar-refractivity contribution in [2.24, 2.45) is 18.2 Å². The molecule has 2 N–H and O–H groups in total. The van der Waals surface area contributed by atoms with Crippen molar-refractivity contribution in [2.45, 2.75) is 25.4 Å². The Balaban J connectivity index is 2.38. The summed E-state index contributed by atoms with van der Waals surface area (Å²) < 4.78 is 39.4. The first-order valence-electron chi connectivity index (χ1n) is 5.28. The highest BCUT2D eigenvalue weighted by Gasteiger charge is 2.46. The second kappa shape index (κ2) is 3.88. The Morgan fingerprint density at radius 1 is 1.47 bits per heavy atom. The van der Waals surface area contributed by atoms with E-state index in [9.17, 15) is 13.2 Å². The normalized spacial score (nSPS) is 18.5. The van der Waals surface area contributed by atoms with Crippen LogP contribution in [0.15, 0.2) is 0 Å². The molecule has 0 atom stereocenters. The monoisotopic (exact) mass is 267 g/mol. The molecule has 96 valence electrons. The van der Waals surface area contributed by atoms with Crippen LogP contribution in [0.3, 0.4) is 0 Å². The topological polar surface area (TPSA) is 43.8 Å². The fourth-order valence-corrected chi connectivity index (χ4v) is 2.13. The Bertz CT molecular complexity index is 435. The molecule has 0 saturated heterocycles. The summed E-state index contributed by atoms with van der Waals surface area (Å²) in [6, 6.07) is 0. The van der Waals surface area contributed by atoms with Crippen molar-refractivity contribution in [2.75, 3.05) is 6.54 Å². The molecule has 0 unspecified atom stereocenters. The standard InChI is InChI=1S/C10H13ClF3N3/c1-17-8(11)6(4-9(5-15)2-3-9)7(16-17)10(12,13)14/h2-5,15H2,1H3. The lowest BCUT2D eigenvalue weighted by Gasteiger charge is -2.13. The highest BCUT2D eigenvalue weighted by atomic mass is 35.5. The van der Waals surface area contributed by atoms with Gasteiger partial charge in [-0.25, -0.2) is 0 Å². The number of nitrogens with two attached hydrogens (primary N) is 1. The third-order valence-electron chi connectivity index (χ3n) is 3.28. The smallest absolute Gasteiger partial charge is 0.330 e. The highest BCUT2D eigenvalue weighted by molar-refractivity contribution is 6.30. The summed E-state index contributed by atoms with van der Waals surface area (Å²) in [5, 5.41) is 3.50. The van der Waals surface area contributed by atoms with E-state index in [1.54, 1.807) is 0 Å². The van der Waals surface area contributed by atoms with E-state index in [0.717, 1.165) is 17.5 Å². The van der Waals surface area contributed by atoms with Crippen molar-refractivity contribution >= 4 is 11.6 Å². The van der Waals surface area contributed by atoms with Gasteiger partial charge in [0.1, 0.15) is 5.15 Å². The molecule has 1 fully saturated rings. The molecule has 1 saturated carbocycles. The number of aromatic nitrogens is 2. The maximum absolute atomic E-state index is 12.8. The molecule has 2 rings (SSSR count). The number of alkyl halides is 3. The lowest BCUT2D eigenvalue weighted by atomic mass is 9.97. The van der Waals surface area contributed by atoms with Gasteiger partial charge in [-0.05, 0) is 31.2 Å². The maximum atomic E-state index is 12.8. The Kier molecular flexibility index (Phi) is 2.90. The quantitative estimate of drug-likeness (QED) is 0.914. The van der Waals surface area contributed by atoms with E-state index >= 15 is 0 Å². The molecule has 0 aliphatic heterocycles. The van der Waals surface area contributed by atoms with Crippen LogP contribution in [-0.4, -0.2) is 16.3 Å². The van der Waals surface area contributed by atoms with Crippen molar-refractivity contribution in [3.63, 3.8) is 0 Å². The second-order valence-corrected chi connectivity index (χ2v) is 4.98. The first-order chi connectivity index (χ1) is 7.79. The molecule has 7 heteroatoms. The Labute approximate surface area is 102 Å². The van der Waals surface area contributed by atoms with Gasteiger partial charge in [-0.15, -0.1) is 0 Å². The number of hydrogen-bond donors (Lipinski definition) is 1. The summed E-state index contributed by atoms with van der Waals surface area (Å²) >= 11 is 5.87. The zero-order valence-corrected chi connectivity index (χ0v) is 10.1. The minimum Gasteiger partial charge on any atom is -0.330 e. The Morgan fingerprint density at radius 3 is 2.47 bits per heavy atom. The third kappa shape index (κ3) is 2.28. The van der Waals surface area contributed by atoms with Gasteiger partial charge in [0, 0.05) is 12.6 Å². The van der Waals surface area contributed by atoms with E-state index in [1.807, 2.05) is 0 Å². The van der Waals surface area contributed by atoms with E-state index in [4.69, 9.17) is 17.3 Å². The minimum atomic E-state index is -4.47. The van der Waals surface area contributed by atoms with Gasteiger partial charge in [0.25, 0.3) is 0 Å². The molecule has 0 aromatic carbocycles. The number of hydrogen-bond acceptors (Lipinski definition) is 2. The zero-order valence-electron chi connectivity index (χ0n) is 9.31. The Hall–Kier alpha value is -0.750. The fourth-order valence-electron chi connectivity index (χ4n) is 1.94. The van der Waals surface area contributed by atoms with Gasteiger partial charge < -0.3 is 5.73 Å². The average molecular weight is 268 g/mol. The molecular formula is C10H13ClF3N3. The van der Waals surface area contributed by atoms with E-state index < -0.39 is 11.9 Å². The second-order valence-electron chi connectivity index (χ2n) is 4.62. The van der Waals surface area contributed by atoms with Gasteiger partial charge in [-0.3, -0.25) is 4.68 Å². The largest absolute Gasteiger partial charge is 0.435 e. The van der Waals surface area contributed by atoms with Crippen LogP contribution in [0.4, 0.5) is 13.2 Å². The van der Waals surface area contributed by atoms with Crippen molar-refractivity contribution in [3.8, 4) is 0 Å². The van der Waals surface area contributed by atoms with Crippen molar-refractivity contribution < 1.29 is 13.2 Å². The first kappa shape index (κ1) is 12.7. The van der Waals surface area contributed by atoms with Crippen LogP contribution in [0.2, 0.25) is 5.15 Å². The molecule has 1 aromatic heterocycles. The predicted molar refractivity (Wildman–Crippen MR) is 57.6 cm³/mol. The van der Waals surface area contributed by atoms with Gasteiger partial charge in [-0.1, -0.05) is 11.6 Å². The SMILES string of the molecule is Cn1nc(C(F)(F)F)c(CC2(CN)CC2)c1Cl. The zero-order chi connectivity index (χ0) is 12.8. The van der Waals surface area contributed by atoms with Gasteiger partial charge >= 0.3 is 6.18 Å². The maximum Gasteiger partial charge on any atom is 0.435 e. The summed E-state index contributed by atoms with van der Waals surface area (Å²) in [5.74, 6) is 0. The van der Waals surface area contributed by atoms with Crippen LogP contribution in [0.5, 0.6) is 0 Å². The summed E-state index contributed by atoms with van der Waals surface area (Å²) in [6.45, 7) is 0.384. The molecule has 1 heterocycles. The molecule has 0 bridgehead atoms. The molecule has 0 amide bonds. The van der Waals surface area contributed by atoms with E-state index in [2.05, 4.69) is 5.10 Å². The first-order valence-corrected chi connectivity index (χ1v) is 5.65. The molecule has 17 heavy (non-hydrogen) atoms. The average Bonchev–Trinajstić information content (AvgIpc) is 2.95. The summed E-state index contributed by atoms with van der Waals surface area (Å²) in [6.07, 6.45) is -2.51. The molecule has 3 nitrogen and oxygen atoms in total. The number of halogens is 4. The van der Waals surface area contributed by atoms with Gasteiger partial charge in [0.2, 0.25) is 0 Å². The van der Waals surface area contributed by atoms with Crippen molar-refractivity contribution in [3.05, 3.63) is 16.4 Å². The highest BCUT2D eigenvalue weighted by Crippen LogP contribution is 2.49. The van der Waals surface area contributed by atoms with E-state index in [-0.39, 0.29) is 22.6 Å². The lowest BCUT2D eigenvalue weighted by Crippen LogP contribution is -2.20. The van der Waals surface area contributed by atoms with Gasteiger partial charge in [-0.2, -0.15) is 18.3 Å². The Morgan fingerprint density at radius 2 is 2.06 bits per heavy atom. The number of rotatable bonds is 3. The van der Waals surface area contributed by atoms with Crippen LogP contribution in [0.1, 0.15) is 24.1 Å². The summed E-state index contributed by atoms with van der Waals surface area (Å²) in [4.78, 5) is 0. The molecule has 0 spiro atoms. The van der Waals surface area contributed by atoms with Crippen molar-refractivity contribution in [1.82, 2.24) is 9.78 Å². The van der Waals surface area contributed by atoms with Crippen LogP contribution >= 0.6 is 11.6 Å². The third-order valence-corrected chi connectivity index (χ3v) is 3.75. The molecular weight excluding hydrogens is 255 g/mol. The van der Waals surface area contributed by atoms with E-state index in [1.165, 1.54) is 7.05 Å². The van der Waals surface area contributed by atoms with Crippen molar-refractivity contribution in [1.29, 1.82) is 0 Å². The van der Waals surface area contributed by atoms with Crippen LogP contribution < -0.4 is 5.73 Å². The summed E-state index contributed by atoms with van der Waals surface area (Å²) in [7, 11) is 1.41. The number of nitrogens with zero attached hydrogens (tertiary/aromatic N) is 2. The molecule has 0 radical (unpaired) electrons. The molecule has 1 aliphatic carbocycles. The van der Waals surface area contributed by atoms with Crippen LogP contribution in [0, 0.1) is 5.41 Å². The van der Waals surface area contributed by atoms with Gasteiger partial charge in [0.05, 0.1) is 0 Å². The van der Waals surface area contributed by atoms with Gasteiger partial charge in [0.15, 0.2) is 5.69 Å².